The Bertz CT molecular complexity index is 1040. The van der Waals surface area contributed by atoms with Crippen LogP contribution < -0.4 is 5.32 Å². The number of carbonyl (C=O) groups excluding carboxylic acids is 1. The molecule has 0 unspecified atom stereocenters. The number of aromatic nitrogens is 4. The van der Waals surface area contributed by atoms with E-state index in [4.69, 9.17) is 5.11 Å². The largest absolute Gasteiger partial charge is 0.480 e. The van der Waals surface area contributed by atoms with Crippen molar-refractivity contribution >= 4 is 29.3 Å². The number of nitrogens with zero attached hydrogens (tertiary/aromatic N) is 5. The van der Waals surface area contributed by atoms with Crippen LogP contribution in [0.15, 0.2) is 58.6 Å². The number of benzene rings is 2. The van der Waals surface area contributed by atoms with Crippen molar-refractivity contribution in [1.82, 2.24) is 25.5 Å². The summed E-state index contributed by atoms with van der Waals surface area (Å²) in [6.07, 6.45) is 0. The lowest BCUT2D eigenvalue weighted by Crippen LogP contribution is -2.29. The Morgan fingerprint density at radius 1 is 1.21 bits per heavy atom. The normalized spacial score (nSPS) is 10.4. The number of aliphatic carboxylic acids is 1. The fourth-order valence-corrected chi connectivity index (χ4v) is 3.09. The topological polar surface area (TPSA) is 153 Å². The van der Waals surface area contributed by atoms with Gasteiger partial charge in [0.05, 0.1) is 15.5 Å². The highest BCUT2D eigenvalue weighted by molar-refractivity contribution is 7.99. The number of tetrazole rings is 1. The number of nitrogens with one attached hydrogen (secondary N) is 1. The Labute approximate surface area is 161 Å². The van der Waals surface area contributed by atoms with E-state index in [1.165, 1.54) is 16.8 Å². The van der Waals surface area contributed by atoms with Crippen LogP contribution in [-0.2, 0) is 4.79 Å². The molecule has 3 aromatic rings. The molecule has 0 fully saturated rings. The number of carbonyl (C=O) groups is 2. The van der Waals surface area contributed by atoms with Gasteiger partial charge in [0.25, 0.3) is 11.6 Å². The summed E-state index contributed by atoms with van der Waals surface area (Å²) >= 11 is 0.969. The van der Waals surface area contributed by atoms with E-state index in [2.05, 4.69) is 20.8 Å². The van der Waals surface area contributed by atoms with E-state index in [0.717, 1.165) is 17.8 Å². The van der Waals surface area contributed by atoms with Gasteiger partial charge in [-0.15, -0.1) is 5.10 Å². The highest BCUT2D eigenvalue weighted by Crippen LogP contribution is 2.34. The summed E-state index contributed by atoms with van der Waals surface area (Å²) in [6.45, 7) is -0.588. The second kappa shape index (κ2) is 8.26. The van der Waals surface area contributed by atoms with Crippen LogP contribution in [0, 0.1) is 10.1 Å². The smallest absolute Gasteiger partial charge is 0.322 e. The van der Waals surface area contributed by atoms with Crippen molar-refractivity contribution in [2.45, 2.75) is 10.1 Å². The third-order valence-electron chi connectivity index (χ3n) is 3.46. The molecule has 0 aliphatic heterocycles. The first kappa shape index (κ1) is 19.0. The van der Waals surface area contributed by atoms with E-state index in [1.807, 2.05) is 6.07 Å². The molecule has 0 saturated heterocycles. The van der Waals surface area contributed by atoms with Gasteiger partial charge in [0.1, 0.15) is 6.54 Å². The first-order chi connectivity index (χ1) is 13.5. The fourth-order valence-electron chi connectivity index (χ4n) is 2.22. The van der Waals surface area contributed by atoms with Crippen molar-refractivity contribution in [3.8, 4) is 5.69 Å². The number of carboxylic acid groups (broad SMARTS) is 1. The van der Waals surface area contributed by atoms with Crippen LogP contribution in [0.1, 0.15) is 10.4 Å². The molecule has 28 heavy (non-hydrogen) atoms. The molecule has 11 nitrogen and oxygen atoms in total. The molecule has 0 aliphatic rings. The van der Waals surface area contributed by atoms with Crippen LogP contribution in [0.2, 0.25) is 0 Å². The summed E-state index contributed by atoms with van der Waals surface area (Å²) in [7, 11) is 0. The zero-order valence-electron chi connectivity index (χ0n) is 14.1. The van der Waals surface area contributed by atoms with E-state index in [0.29, 0.717) is 10.8 Å². The molecule has 1 aromatic heterocycles. The molecule has 3 rings (SSSR count). The van der Waals surface area contributed by atoms with Gasteiger partial charge in [-0.25, -0.2) is 0 Å². The van der Waals surface area contributed by atoms with Gasteiger partial charge >= 0.3 is 5.97 Å². The molecule has 2 N–H and O–H groups in total. The number of nitro groups is 1. The van der Waals surface area contributed by atoms with Crippen LogP contribution in [0.5, 0.6) is 0 Å². The standard InChI is InChI=1S/C16H12N6O5S/c23-14(24)9-17-15(25)10-6-7-13(12(8-10)22(26)27)28-16-18-19-20-21(16)11-4-2-1-3-5-11/h1-8H,9H2,(H,17,25)(H,23,24). The summed E-state index contributed by atoms with van der Waals surface area (Å²) in [6, 6.07) is 12.8. The first-order valence-electron chi connectivity index (χ1n) is 7.76. The van der Waals surface area contributed by atoms with Crippen molar-refractivity contribution in [1.29, 1.82) is 0 Å². The molecule has 142 valence electrons. The second-order valence-electron chi connectivity index (χ2n) is 5.33. The lowest BCUT2D eigenvalue weighted by molar-refractivity contribution is -0.387. The number of para-hydroxylation sites is 1. The number of hydrogen-bond acceptors (Lipinski definition) is 8. The number of carboxylic acids is 1. The molecular formula is C16H12N6O5S. The zero-order chi connectivity index (χ0) is 20.1. The van der Waals surface area contributed by atoms with Gasteiger partial charge in [0.2, 0.25) is 5.16 Å². The SMILES string of the molecule is O=C(O)CNC(=O)c1ccc(Sc2nnnn2-c2ccccc2)c([N+](=O)[O-])c1. The molecule has 1 heterocycles. The molecule has 0 saturated carbocycles. The van der Waals surface area contributed by atoms with Gasteiger partial charge in [0.15, 0.2) is 0 Å². The fraction of sp³-hybridized carbons (Fsp3) is 0.0625. The van der Waals surface area contributed by atoms with Crippen molar-refractivity contribution in [3.05, 3.63) is 64.2 Å². The minimum absolute atomic E-state index is 0.0278. The number of rotatable bonds is 7. The number of amides is 1. The van der Waals surface area contributed by atoms with Crippen molar-refractivity contribution in [2.75, 3.05) is 6.54 Å². The van der Waals surface area contributed by atoms with E-state index in [-0.39, 0.29) is 16.1 Å². The van der Waals surface area contributed by atoms with E-state index >= 15 is 0 Å². The maximum atomic E-state index is 12.0. The van der Waals surface area contributed by atoms with E-state index in [9.17, 15) is 19.7 Å². The van der Waals surface area contributed by atoms with Crippen molar-refractivity contribution in [3.63, 3.8) is 0 Å². The van der Waals surface area contributed by atoms with Crippen LogP contribution in [0.3, 0.4) is 0 Å². The lowest BCUT2D eigenvalue weighted by Gasteiger charge is -2.07. The average Bonchev–Trinajstić information content (AvgIpc) is 3.15. The van der Waals surface area contributed by atoms with Gasteiger partial charge in [-0.05, 0) is 46.5 Å². The quantitative estimate of drug-likeness (QED) is 0.444. The summed E-state index contributed by atoms with van der Waals surface area (Å²) in [5.41, 5.74) is 0.331. The molecule has 1 amide bonds. The molecule has 0 atom stereocenters. The predicted molar refractivity (Wildman–Crippen MR) is 96.3 cm³/mol. The van der Waals surface area contributed by atoms with Crippen molar-refractivity contribution in [2.24, 2.45) is 0 Å². The maximum Gasteiger partial charge on any atom is 0.322 e. The second-order valence-corrected chi connectivity index (χ2v) is 6.34. The minimum Gasteiger partial charge on any atom is -0.480 e. The first-order valence-corrected chi connectivity index (χ1v) is 8.57. The maximum absolute atomic E-state index is 12.0. The number of hydrogen-bond donors (Lipinski definition) is 2. The average molecular weight is 400 g/mol. The Kier molecular flexibility index (Phi) is 5.60. The highest BCUT2D eigenvalue weighted by Gasteiger charge is 2.21. The van der Waals surface area contributed by atoms with Crippen LogP contribution in [0.25, 0.3) is 5.69 Å². The van der Waals surface area contributed by atoms with Gasteiger partial charge in [0, 0.05) is 11.6 Å². The van der Waals surface area contributed by atoms with Crippen LogP contribution >= 0.6 is 11.8 Å². The third-order valence-corrected chi connectivity index (χ3v) is 4.46. The van der Waals surface area contributed by atoms with Gasteiger partial charge in [-0.1, -0.05) is 18.2 Å². The molecule has 0 aliphatic carbocycles. The van der Waals surface area contributed by atoms with Gasteiger partial charge < -0.3 is 10.4 Å². The summed E-state index contributed by atoms with van der Waals surface area (Å²) in [5.74, 6) is -1.95. The Hall–Kier alpha value is -3.80. The summed E-state index contributed by atoms with van der Waals surface area (Å²) in [5, 5.41) is 33.9. The minimum atomic E-state index is -1.22. The summed E-state index contributed by atoms with van der Waals surface area (Å²) < 4.78 is 1.43. The van der Waals surface area contributed by atoms with E-state index in [1.54, 1.807) is 24.3 Å². The van der Waals surface area contributed by atoms with Gasteiger partial charge in [-0.3, -0.25) is 19.7 Å². The lowest BCUT2D eigenvalue weighted by atomic mass is 10.2. The Morgan fingerprint density at radius 3 is 2.64 bits per heavy atom. The molecule has 2 aromatic carbocycles. The van der Waals surface area contributed by atoms with Gasteiger partial charge in [-0.2, -0.15) is 4.68 Å². The molecule has 12 heteroatoms. The Balaban J connectivity index is 1.89. The summed E-state index contributed by atoms with van der Waals surface area (Å²) in [4.78, 5) is 33.5. The van der Waals surface area contributed by atoms with E-state index < -0.39 is 23.3 Å². The predicted octanol–water partition coefficient (Wildman–Crippen LogP) is 1.54. The molecule has 0 bridgehead atoms. The zero-order valence-corrected chi connectivity index (χ0v) is 14.9. The molecule has 0 radical (unpaired) electrons. The van der Waals surface area contributed by atoms with Crippen LogP contribution in [0.4, 0.5) is 5.69 Å². The molecular weight excluding hydrogens is 388 g/mol. The highest BCUT2D eigenvalue weighted by atomic mass is 32.2. The monoisotopic (exact) mass is 400 g/mol. The van der Waals surface area contributed by atoms with Crippen molar-refractivity contribution < 1.29 is 19.6 Å². The third kappa shape index (κ3) is 4.29. The Morgan fingerprint density at radius 2 is 1.96 bits per heavy atom. The molecule has 0 spiro atoms. The number of nitro benzene ring substituents is 1. The van der Waals surface area contributed by atoms with Crippen LogP contribution in [-0.4, -0.2) is 48.7 Å².